The van der Waals surface area contributed by atoms with Crippen molar-refractivity contribution < 1.29 is 23.7 Å². The zero-order valence-corrected chi connectivity index (χ0v) is 23.4. The first-order chi connectivity index (χ1) is 18.4. The topological polar surface area (TPSA) is 76.4 Å². The summed E-state index contributed by atoms with van der Waals surface area (Å²) in [4.78, 5) is 4.91. The van der Waals surface area contributed by atoms with Crippen molar-refractivity contribution in [1.82, 2.24) is 9.80 Å². The van der Waals surface area contributed by atoms with Gasteiger partial charge in [-0.1, -0.05) is 13.0 Å². The quantitative estimate of drug-likeness (QED) is 0.534. The highest BCUT2D eigenvalue weighted by atomic mass is 16.7. The predicted molar refractivity (Wildman–Crippen MR) is 142 cm³/mol. The molecule has 4 aliphatic heterocycles. The molecule has 8 nitrogen and oxygen atoms in total. The third-order valence-corrected chi connectivity index (χ3v) is 9.35. The normalized spacial score (nSPS) is 27.3. The molecule has 5 atom stereocenters. The summed E-state index contributed by atoms with van der Waals surface area (Å²) in [5.41, 5.74) is 8.36. The van der Waals surface area contributed by atoms with Crippen molar-refractivity contribution in [2.24, 2.45) is 0 Å². The zero-order chi connectivity index (χ0) is 26.9. The number of likely N-dealkylation sites (N-methyl/N-ethyl adjacent to an activating group) is 1. The van der Waals surface area contributed by atoms with Crippen LogP contribution in [0.3, 0.4) is 0 Å². The van der Waals surface area contributed by atoms with Crippen LogP contribution in [0.2, 0.25) is 0 Å². The van der Waals surface area contributed by atoms with E-state index in [-0.39, 0.29) is 43.8 Å². The number of nitrogens with zero attached hydrogens (tertiary/aromatic N) is 3. The van der Waals surface area contributed by atoms with Gasteiger partial charge in [-0.2, -0.15) is 5.26 Å². The van der Waals surface area contributed by atoms with Crippen molar-refractivity contribution in [2.75, 3.05) is 34.9 Å². The summed E-state index contributed by atoms with van der Waals surface area (Å²) in [5, 5.41) is 10.6. The first-order valence-corrected chi connectivity index (χ1v) is 13.5. The van der Waals surface area contributed by atoms with Crippen LogP contribution in [-0.2, 0) is 17.6 Å². The number of nitriles is 1. The lowest BCUT2D eigenvalue weighted by atomic mass is 9.71. The van der Waals surface area contributed by atoms with Crippen LogP contribution in [0, 0.1) is 32.1 Å². The number of methoxy groups -OCH3 is 2. The Hall–Kier alpha value is -2.99. The van der Waals surface area contributed by atoms with Crippen molar-refractivity contribution in [3.8, 4) is 29.1 Å². The molecule has 1 unspecified atom stereocenters. The van der Waals surface area contributed by atoms with E-state index in [1.807, 2.05) is 0 Å². The number of hydrogen-bond donors (Lipinski definition) is 0. The number of piperazine rings is 1. The van der Waals surface area contributed by atoms with E-state index in [0.29, 0.717) is 0 Å². The van der Waals surface area contributed by atoms with E-state index in [1.54, 1.807) is 14.2 Å². The van der Waals surface area contributed by atoms with Gasteiger partial charge >= 0.3 is 0 Å². The number of benzene rings is 2. The summed E-state index contributed by atoms with van der Waals surface area (Å²) >= 11 is 0. The Morgan fingerprint density at radius 3 is 2.47 bits per heavy atom. The van der Waals surface area contributed by atoms with Crippen LogP contribution in [0.25, 0.3) is 0 Å². The second kappa shape index (κ2) is 9.33. The Morgan fingerprint density at radius 1 is 1.03 bits per heavy atom. The smallest absolute Gasteiger partial charge is 0.231 e. The lowest BCUT2D eigenvalue weighted by Gasteiger charge is -2.60. The molecule has 38 heavy (non-hydrogen) atoms. The molecule has 1 saturated heterocycles. The second-order valence-corrected chi connectivity index (χ2v) is 11.0. The molecule has 2 bridgehead atoms. The summed E-state index contributed by atoms with van der Waals surface area (Å²) in [5.74, 6) is 3.24. The fourth-order valence-electron chi connectivity index (χ4n) is 7.68. The Morgan fingerprint density at radius 2 is 1.79 bits per heavy atom. The summed E-state index contributed by atoms with van der Waals surface area (Å²) in [7, 11) is 5.50. The highest BCUT2D eigenvalue weighted by molar-refractivity contribution is 5.64. The molecule has 0 spiro atoms. The third-order valence-electron chi connectivity index (χ3n) is 9.35. The van der Waals surface area contributed by atoms with E-state index in [4.69, 9.17) is 23.7 Å². The van der Waals surface area contributed by atoms with Gasteiger partial charge < -0.3 is 23.7 Å². The van der Waals surface area contributed by atoms with Gasteiger partial charge in [-0.05, 0) is 74.9 Å². The molecular formula is C30H37N3O5. The first kappa shape index (κ1) is 25.3. The van der Waals surface area contributed by atoms with Crippen molar-refractivity contribution in [1.29, 1.82) is 5.26 Å². The van der Waals surface area contributed by atoms with Gasteiger partial charge in [-0.3, -0.25) is 9.80 Å². The molecule has 2 aromatic carbocycles. The summed E-state index contributed by atoms with van der Waals surface area (Å²) in [6.07, 6.45) is 2.46. The number of ether oxygens (including phenoxy) is 5. The molecular weight excluding hydrogens is 482 g/mol. The average Bonchev–Trinajstić information content (AvgIpc) is 3.40. The Kier molecular flexibility index (Phi) is 6.21. The minimum atomic E-state index is -0.252. The van der Waals surface area contributed by atoms with E-state index in [2.05, 4.69) is 56.7 Å². The van der Waals surface area contributed by atoms with Crippen LogP contribution in [0.15, 0.2) is 6.07 Å². The Balaban J connectivity index is 1.60. The van der Waals surface area contributed by atoms with E-state index < -0.39 is 0 Å². The lowest BCUT2D eigenvalue weighted by Crippen LogP contribution is -2.68. The zero-order valence-electron chi connectivity index (χ0n) is 23.4. The maximum absolute atomic E-state index is 10.6. The largest absolute Gasteiger partial charge is 0.493 e. The molecule has 4 aliphatic rings. The van der Waals surface area contributed by atoms with E-state index in [9.17, 15) is 5.26 Å². The van der Waals surface area contributed by atoms with Gasteiger partial charge in [-0.15, -0.1) is 0 Å². The second-order valence-electron chi connectivity index (χ2n) is 11.0. The molecule has 0 amide bonds. The van der Waals surface area contributed by atoms with Crippen molar-refractivity contribution in [3.05, 3.63) is 45.0 Å². The molecule has 6 rings (SSSR count). The lowest BCUT2D eigenvalue weighted by molar-refractivity contribution is -0.0743. The van der Waals surface area contributed by atoms with Crippen LogP contribution in [-0.4, -0.2) is 62.8 Å². The van der Waals surface area contributed by atoms with E-state index in [0.717, 1.165) is 59.0 Å². The van der Waals surface area contributed by atoms with Gasteiger partial charge in [-0.25, -0.2) is 0 Å². The van der Waals surface area contributed by atoms with Crippen molar-refractivity contribution >= 4 is 0 Å². The maximum atomic E-state index is 10.6. The van der Waals surface area contributed by atoms with E-state index >= 15 is 0 Å². The number of fused-ring (bicyclic) bond motifs is 9. The summed E-state index contributed by atoms with van der Waals surface area (Å²) in [6, 6.07) is 4.93. The SMILES string of the molecule is CC[C@H]1c2c(c(C)c(C)c3c2OCO3)CC2[C@@H]3c4c(cc(C)c(OC)c4OCOC)C[C@H]([C@H](C#N)N21)N3C. The van der Waals surface area contributed by atoms with Crippen LogP contribution in [0.4, 0.5) is 0 Å². The minimum absolute atomic E-state index is 0.0297. The Bertz CT molecular complexity index is 1330. The standard InChI is InChI=1S/C30H37N3O5/c1-8-20-25-19(16(3)17(4)28-30(25)38-14-37-28)11-22-26-24-18(10-21(32(26)5)23(12-31)33(20)22)9-15(2)27(35-7)29(24)36-13-34-6/h9,20-23,26H,8,10-11,13-14H2,1-7H3/t20-,21+,22?,23-,26+/m0/s1. The van der Waals surface area contributed by atoms with Crippen molar-refractivity contribution in [3.63, 3.8) is 0 Å². The third kappa shape index (κ3) is 3.32. The van der Waals surface area contributed by atoms with Crippen LogP contribution in [0.5, 0.6) is 23.0 Å². The van der Waals surface area contributed by atoms with Gasteiger partial charge in [0.05, 0.1) is 19.2 Å². The fraction of sp³-hybridized carbons (Fsp3) is 0.567. The minimum Gasteiger partial charge on any atom is -0.493 e. The molecule has 2 aromatic rings. The fourth-order valence-corrected chi connectivity index (χ4v) is 7.68. The molecule has 202 valence electrons. The van der Waals surface area contributed by atoms with Gasteiger partial charge in [0.25, 0.3) is 0 Å². The van der Waals surface area contributed by atoms with Crippen LogP contribution in [0.1, 0.15) is 64.4 Å². The van der Waals surface area contributed by atoms with Gasteiger partial charge in [0.2, 0.25) is 6.79 Å². The van der Waals surface area contributed by atoms with Gasteiger partial charge in [0, 0.05) is 36.4 Å². The molecule has 4 heterocycles. The highest BCUT2D eigenvalue weighted by Crippen LogP contribution is 2.57. The molecule has 8 heteroatoms. The Labute approximate surface area is 225 Å². The average molecular weight is 520 g/mol. The predicted octanol–water partition coefficient (Wildman–Crippen LogP) is 4.51. The van der Waals surface area contributed by atoms with Crippen LogP contribution >= 0.6 is 0 Å². The molecule has 0 aliphatic carbocycles. The number of hydrogen-bond acceptors (Lipinski definition) is 8. The van der Waals surface area contributed by atoms with E-state index in [1.165, 1.54) is 22.3 Å². The first-order valence-electron chi connectivity index (χ1n) is 13.5. The maximum Gasteiger partial charge on any atom is 0.231 e. The van der Waals surface area contributed by atoms with Gasteiger partial charge in [0.15, 0.2) is 29.8 Å². The number of rotatable bonds is 5. The summed E-state index contributed by atoms with van der Waals surface area (Å²) in [6.45, 7) is 8.98. The molecule has 0 saturated carbocycles. The highest BCUT2D eigenvalue weighted by Gasteiger charge is 2.56. The molecule has 0 aromatic heterocycles. The summed E-state index contributed by atoms with van der Waals surface area (Å²) < 4.78 is 29.5. The molecule has 0 N–H and O–H groups in total. The van der Waals surface area contributed by atoms with Gasteiger partial charge in [0.1, 0.15) is 6.04 Å². The monoisotopic (exact) mass is 519 g/mol. The number of aryl methyl sites for hydroxylation is 1. The van der Waals surface area contributed by atoms with Crippen LogP contribution < -0.4 is 18.9 Å². The molecule has 0 radical (unpaired) electrons. The molecule has 1 fully saturated rings. The van der Waals surface area contributed by atoms with Crippen molar-refractivity contribution in [2.45, 2.75) is 77.2 Å².